The van der Waals surface area contributed by atoms with Gasteiger partial charge in [0, 0.05) is 37.8 Å². The summed E-state index contributed by atoms with van der Waals surface area (Å²) < 4.78 is 5.27. The molecule has 1 aromatic carbocycles. The zero-order chi connectivity index (χ0) is 18.3. The molecule has 2 aliphatic rings. The second-order valence-corrected chi connectivity index (χ2v) is 7.35. The van der Waals surface area contributed by atoms with Crippen molar-refractivity contribution in [2.24, 2.45) is 11.8 Å². The lowest BCUT2D eigenvalue weighted by atomic mass is 9.89. The Labute approximate surface area is 152 Å². The van der Waals surface area contributed by atoms with Crippen molar-refractivity contribution >= 4 is 5.97 Å². The number of hydrogen-bond acceptors (Lipinski definition) is 5. The summed E-state index contributed by atoms with van der Waals surface area (Å²) in [7, 11) is 3.87. The number of aromatic amines is 1. The van der Waals surface area contributed by atoms with Gasteiger partial charge in [0.15, 0.2) is 0 Å². The fourth-order valence-corrected chi connectivity index (χ4v) is 4.64. The van der Waals surface area contributed by atoms with Crippen molar-refractivity contribution < 1.29 is 14.6 Å². The Morgan fingerprint density at radius 1 is 1.31 bits per heavy atom. The van der Waals surface area contributed by atoms with E-state index in [9.17, 15) is 9.90 Å². The van der Waals surface area contributed by atoms with Gasteiger partial charge in [-0.05, 0) is 36.6 Å². The van der Waals surface area contributed by atoms with E-state index in [1.807, 2.05) is 12.1 Å². The van der Waals surface area contributed by atoms with Crippen molar-refractivity contribution in [3.63, 3.8) is 0 Å². The summed E-state index contributed by atoms with van der Waals surface area (Å²) >= 11 is 0. The molecule has 2 fully saturated rings. The molecule has 1 aromatic heterocycles. The number of ether oxygens (including phenoxy) is 1. The fraction of sp³-hybridized carbons (Fsp3) is 0.474. The standard InChI is InChI=1S/C19H24N4O3/c1-22-8-14-10-23(9-13-7-20-21-17(13)19(24)25)11-16(14)18(22)12-3-5-15(26-2)6-4-12/h3-7,14,16,18H,8-11H2,1-2H3,(H,20,21)(H,24,25)/t14-,16+,18+/m0/s1. The van der Waals surface area contributed by atoms with Gasteiger partial charge in [-0.1, -0.05) is 12.1 Å². The molecule has 0 radical (unpaired) electrons. The molecule has 26 heavy (non-hydrogen) atoms. The fourth-order valence-electron chi connectivity index (χ4n) is 4.64. The summed E-state index contributed by atoms with van der Waals surface area (Å²) in [6, 6.07) is 8.74. The van der Waals surface area contributed by atoms with Crippen LogP contribution in [-0.4, -0.2) is 64.9 Å². The van der Waals surface area contributed by atoms with Crippen LogP contribution in [-0.2, 0) is 6.54 Å². The average Bonchev–Trinajstić information content (AvgIpc) is 3.30. The first-order valence-corrected chi connectivity index (χ1v) is 8.89. The summed E-state index contributed by atoms with van der Waals surface area (Å²) in [6.45, 7) is 3.65. The second-order valence-electron chi connectivity index (χ2n) is 7.35. The number of aromatic nitrogens is 2. The zero-order valence-electron chi connectivity index (χ0n) is 15.1. The Morgan fingerprint density at radius 2 is 2.08 bits per heavy atom. The van der Waals surface area contributed by atoms with Crippen LogP contribution >= 0.6 is 0 Å². The predicted octanol–water partition coefficient (Wildman–Crippen LogP) is 1.85. The maximum Gasteiger partial charge on any atom is 0.354 e. The van der Waals surface area contributed by atoms with Gasteiger partial charge in [-0.25, -0.2) is 4.79 Å². The van der Waals surface area contributed by atoms with Gasteiger partial charge in [-0.2, -0.15) is 5.10 Å². The van der Waals surface area contributed by atoms with E-state index < -0.39 is 5.97 Å². The Morgan fingerprint density at radius 3 is 2.77 bits per heavy atom. The van der Waals surface area contributed by atoms with Gasteiger partial charge in [0.05, 0.1) is 13.3 Å². The Bertz CT molecular complexity index is 788. The Hall–Kier alpha value is -2.38. The monoisotopic (exact) mass is 356 g/mol. The normalized spacial score (nSPS) is 26.2. The highest BCUT2D eigenvalue weighted by Gasteiger charge is 2.46. The van der Waals surface area contributed by atoms with Crippen LogP contribution in [0.1, 0.15) is 27.7 Å². The van der Waals surface area contributed by atoms with E-state index in [0.29, 0.717) is 24.4 Å². The number of carbonyl (C=O) groups is 1. The number of hydrogen-bond donors (Lipinski definition) is 2. The predicted molar refractivity (Wildman–Crippen MR) is 96.2 cm³/mol. The lowest BCUT2D eigenvalue weighted by Crippen LogP contribution is -2.29. The molecule has 0 saturated carbocycles. The van der Waals surface area contributed by atoms with Gasteiger partial charge >= 0.3 is 5.97 Å². The molecule has 7 heteroatoms. The molecule has 0 bridgehead atoms. The van der Waals surface area contributed by atoms with Gasteiger partial charge in [-0.15, -0.1) is 0 Å². The molecule has 0 spiro atoms. The van der Waals surface area contributed by atoms with Crippen molar-refractivity contribution in [3.8, 4) is 5.75 Å². The van der Waals surface area contributed by atoms with E-state index in [2.05, 4.69) is 39.2 Å². The lowest BCUT2D eigenvalue weighted by molar-refractivity contribution is 0.0688. The van der Waals surface area contributed by atoms with Crippen LogP contribution in [0.5, 0.6) is 5.75 Å². The van der Waals surface area contributed by atoms with E-state index >= 15 is 0 Å². The highest BCUT2D eigenvalue weighted by molar-refractivity contribution is 5.86. The average molecular weight is 356 g/mol. The zero-order valence-corrected chi connectivity index (χ0v) is 15.1. The van der Waals surface area contributed by atoms with Gasteiger partial charge in [-0.3, -0.25) is 14.9 Å². The molecule has 138 valence electrons. The highest BCUT2D eigenvalue weighted by Crippen LogP contribution is 2.44. The number of carboxylic acid groups (broad SMARTS) is 1. The van der Waals surface area contributed by atoms with Gasteiger partial charge in [0.2, 0.25) is 0 Å². The summed E-state index contributed by atoms with van der Waals surface area (Å²) in [5, 5.41) is 15.7. The van der Waals surface area contributed by atoms with Crippen molar-refractivity contribution in [1.82, 2.24) is 20.0 Å². The summed E-state index contributed by atoms with van der Waals surface area (Å²) in [5.74, 6) is 1.08. The molecule has 2 aliphatic heterocycles. The van der Waals surface area contributed by atoms with Crippen molar-refractivity contribution in [2.45, 2.75) is 12.6 Å². The van der Waals surface area contributed by atoms with Crippen LogP contribution < -0.4 is 4.74 Å². The third-order valence-electron chi connectivity index (χ3n) is 5.75. The van der Waals surface area contributed by atoms with Crippen molar-refractivity contribution in [1.29, 1.82) is 0 Å². The number of fused-ring (bicyclic) bond motifs is 1. The number of benzene rings is 1. The van der Waals surface area contributed by atoms with Crippen molar-refractivity contribution in [3.05, 3.63) is 47.3 Å². The van der Waals surface area contributed by atoms with Gasteiger partial charge in [0.25, 0.3) is 0 Å². The largest absolute Gasteiger partial charge is 0.497 e. The molecule has 0 unspecified atom stereocenters. The van der Waals surface area contributed by atoms with Crippen LogP contribution in [0.25, 0.3) is 0 Å². The maximum absolute atomic E-state index is 11.3. The summed E-state index contributed by atoms with van der Waals surface area (Å²) in [6.07, 6.45) is 1.63. The number of rotatable bonds is 5. The van der Waals surface area contributed by atoms with Crippen LogP contribution in [0.2, 0.25) is 0 Å². The molecular formula is C19H24N4O3. The van der Waals surface area contributed by atoms with E-state index in [4.69, 9.17) is 4.74 Å². The number of H-pyrrole nitrogens is 1. The second kappa shape index (κ2) is 6.74. The summed E-state index contributed by atoms with van der Waals surface area (Å²) in [4.78, 5) is 16.1. The Balaban J connectivity index is 1.49. The van der Waals surface area contributed by atoms with E-state index in [1.165, 1.54) is 5.56 Å². The van der Waals surface area contributed by atoms with Crippen LogP contribution in [0.3, 0.4) is 0 Å². The molecule has 3 atom stereocenters. The van der Waals surface area contributed by atoms with Crippen LogP contribution in [0, 0.1) is 11.8 Å². The molecule has 2 saturated heterocycles. The highest BCUT2D eigenvalue weighted by atomic mass is 16.5. The minimum atomic E-state index is -0.951. The SMILES string of the molecule is COc1ccc([C@@H]2[C@@H]3CN(Cc4cn[nH]c4C(=O)O)C[C@@H]3CN2C)cc1. The third-order valence-corrected chi connectivity index (χ3v) is 5.75. The number of methoxy groups -OCH3 is 1. The van der Waals surface area contributed by atoms with E-state index in [1.54, 1.807) is 13.3 Å². The third kappa shape index (κ3) is 2.97. The molecule has 3 heterocycles. The van der Waals surface area contributed by atoms with Crippen molar-refractivity contribution in [2.75, 3.05) is 33.8 Å². The minimum Gasteiger partial charge on any atom is -0.497 e. The number of nitrogens with zero attached hydrogens (tertiary/aromatic N) is 3. The smallest absolute Gasteiger partial charge is 0.354 e. The first kappa shape index (κ1) is 17.1. The molecule has 0 aliphatic carbocycles. The molecule has 7 nitrogen and oxygen atoms in total. The first-order valence-electron chi connectivity index (χ1n) is 8.89. The van der Waals surface area contributed by atoms with Crippen LogP contribution in [0.4, 0.5) is 0 Å². The van der Waals surface area contributed by atoms with Gasteiger partial charge < -0.3 is 9.84 Å². The maximum atomic E-state index is 11.3. The number of likely N-dealkylation sites (tertiary alicyclic amines) is 2. The number of nitrogens with one attached hydrogen (secondary N) is 1. The Kier molecular flexibility index (Phi) is 4.42. The molecule has 2 N–H and O–H groups in total. The van der Waals surface area contributed by atoms with E-state index in [0.717, 1.165) is 30.9 Å². The molecular weight excluding hydrogens is 332 g/mol. The minimum absolute atomic E-state index is 0.200. The molecule has 0 amide bonds. The summed E-state index contributed by atoms with van der Waals surface area (Å²) in [5.41, 5.74) is 2.27. The van der Waals surface area contributed by atoms with E-state index in [-0.39, 0.29) is 5.69 Å². The quantitative estimate of drug-likeness (QED) is 0.851. The molecule has 2 aromatic rings. The topological polar surface area (TPSA) is 81.7 Å². The molecule has 4 rings (SSSR count). The van der Waals surface area contributed by atoms with Gasteiger partial charge in [0.1, 0.15) is 11.4 Å². The van der Waals surface area contributed by atoms with Crippen LogP contribution in [0.15, 0.2) is 30.5 Å². The number of aromatic carboxylic acids is 1. The lowest BCUT2D eigenvalue weighted by Gasteiger charge is -2.27. The number of carboxylic acids is 1. The first-order chi connectivity index (χ1) is 12.6.